The van der Waals surface area contributed by atoms with Gasteiger partial charge in [-0.1, -0.05) is 36.4 Å². The third-order valence-corrected chi connectivity index (χ3v) is 6.00. The van der Waals surface area contributed by atoms with Gasteiger partial charge in [0.1, 0.15) is 0 Å². The van der Waals surface area contributed by atoms with Gasteiger partial charge in [0.05, 0.1) is 24.8 Å². The lowest BCUT2D eigenvalue weighted by molar-refractivity contribution is -0.137. The van der Waals surface area contributed by atoms with Crippen LogP contribution in [0.1, 0.15) is 31.4 Å². The Balaban J connectivity index is 1.72. The molecule has 3 amide bonds. The largest absolute Gasteiger partial charge is 0.481 e. The number of hydrogen-bond donors (Lipinski definition) is 2. The van der Waals surface area contributed by atoms with Crippen LogP contribution >= 0.6 is 0 Å². The Morgan fingerprint density at radius 2 is 1.84 bits per heavy atom. The number of morpholine rings is 1. The maximum Gasteiger partial charge on any atom is 0.322 e. The van der Waals surface area contributed by atoms with Gasteiger partial charge in [-0.15, -0.1) is 0 Å². The molecular formula is C24H27N3O5. The lowest BCUT2D eigenvalue weighted by Crippen LogP contribution is -2.51. The SMILES string of the molecule is CC1=C(C(=O)N2CCOCC2)[C@H](c2ccc3ccccc3c2)NC(=O)N1CCCC(=O)O. The number of allylic oxidation sites excluding steroid dienone is 1. The van der Waals surface area contributed by atoms with Gasteiger partial charge in [0.25, 0.3) is 5.91 Å². The first-order chi connectivity index (χ1) is 15.5. The molecule has 0 unspecified atom stereocenters. The number of rotatable bonds is 6. The van der Waals surface area contributed by atoms with E-state index in [1.54, 1.807) is 11.8 Å². The Morgan fingerprint density at radius 1 is 1.12 bits per heavy atom. The molecule has 2 N–H and O–H groups in total. The van der Waals surface area contributed by atoms with Crippen molar-refractivity contribution >= 4 is 28.7 Å². The van der Waals surface area contributed by atoms with Crippen LogP contribution in [0.4, 0.5) is 4.79 Å². The smallest absolute Gasteiger partial charge is 0.322 e. The quantitative estimate of drug-likeness (QED) is 0.724. The maximum absolute atomic E-state index is 13.6. The number of amides is 3. The standard InChI is InChI=1S/C24H27N3O5/c1-16-21(23(30)26-11-13-32-14-12-26)22(25-24(31)27(16)10-4-7-20(28)29)19-9-8-17-5-2-3-6-18(17)15-19/h2-3,5-6,8-9,15,22H,4,7,10-14H2,1H3,(H,25,31)(H,28,29)/t22-/m0/s1. The number of urea groups is 1. The fraction of sp³-hybridized carbons (Fsp3) is 0.375. The van der Waals surface area contributed by atoms with E-state index in [2.05, 4.69) is 5.32 Å². The zero-order valence-corrected chi connectivity index (χ0v) is 18.0. The predicted octanol–water partition coefficient (Wildman–Crippen LogP) is 2.90. The summed E-state index contributed by atoms with van der Waals surface area (Å²) < 4.78 is 5.39. The van der Waals surface area contributed by atoms with Crippen molar-refractivity contribution in [2.75, 3.05) is 32.8 Å². The predicted molar refractivity (Wildman–Crippen MR) is 119 cm³/mol. The molecule has 0 aromatic heterocycles. The average molecular weight is 437 g/mol. The Labute approximate surface area is 186 Å². The van der Waals surface area contributed by atoms with Crippen LogP contribution in [0.25, 0.3) is 10.8 Å². The molecule has 8 nitrogen and oxygen atoms in total. The van der Waals surface area contributed by atoms with Crippen LogP contribution in [0, 0.1) is 0 Å². The maximum atomic E-state index is 13.6. The first kappa shape index (κ1) is 21.8. The number of benzene rings is 2. The Bertz CT molecular complexity index is 1070. The van der Waals surface area contributed by atoms with Gasteiger partial charge in [-0.3, -0.25) is 14.5 Å². The van der Waals surface area contributed by atoms with E-state index in [1.807, 2.05) is 42.5 Å². The molecule has 2 aliphatic rings. The zero-order valence-electron chi connectivity index (χ0n) is 18.0. The van der Waals surface area contributed by atoms with Gasteiger partial charge in [0.15, 0.2) is 0 Å². The van der Waals surface area contributed by atoms with Gasteiger partial charge in [-0.2, -0.15) is 0 Å². The highest BCUT2D eigenvalue weighted by atomic mass is 16.5. The second-order valence-corrected chi connectivity index (χ2v) is 8.04. The van der Waals surface area contributed by atoms with E-state index in [9.17, 15) is 14.4 Å². The molecule has 0 radical (unpaired) electrons. The number of aliphatic carboxylic acids is 1. The molecule has 8 heteroatoms. The highest BCUT2D eigenvalue weighted by Crippen LogP contribution is 2.33. The van der Waals surface area contributed by atoms with Crippen LogP contribution in [0.5, 0.6) is 0 Å². The summed E-state index contributed by atoms with van der Waals surface area (Å²) in [4.78, 5) is 40.7. The van der Waals surface area contributed by atoms with E-state index in [0.29, 0.717) is 44.0 Å². The first-order valence-corrected chi connectivity index (χ1v) is 10.8. The molecule has 1 saturated heterocycles. The number of nitrogens with zero attached hydrogens (tertiary/aromatic N) is 2. The summed E-state index contributed by atoms with van der Waals surface area (Å²) in [7, 11) is 0. The van der Waals surface area contributed by atoms with Crippen molar-refractivity contribution in [1.82, 2.24) is 15.1 Å². The van der Waals surface area contributed by atoms with Crippen molar-refractivity contribution in [2.45, 2.75) is 25.8 Å². The van der Waals surface area contributed by atoms with E-state index < -0.39 is 12.0 Å². The summed E-state index contributed by atoms with van der Waals surface area (Å²) in [6.45, 7) is 3.94. The fourth-order valence-corrected chi connectivity index (χ4v) is 4.29. The molecule has 1 atom stereocenters. The molecule has 32 heavy (non-hydrogen) atoms. The molecule has 168 valence electrons. The van der Waals surface area contributed by atoms with Crippen molar-refractivity contribution in [3.63, 3.8) is 0 Å². The third-order valence-electron chi connectivity index (χ3n) is 6.00. The normalized spacial score (nSPS) is 19.3. The van der Waals surface area contributed by atoms with Crippen LogP contribution in [0.3, 0.4) is 0 Å². The van der Waals surface area contributed by atoms with Gasteiger partial charge >= 0.3 is 12.0 Å². The van der Waals surface area contributed by atoms with Gasteiger partial charge in [-0.05, 0) is 35.7 Å². The van der Waals surface area contributed by atoms with E-state index >= 15 is 0 Å². The number of fused-ring (bicyclic) bond motifs is 1. The van der Waals surface area contributed by atoms with Gasteiger partial charge in [0, 0.05) is 31.8 Å². The van der Waals surface area contributed by atoms with Gasteiger partial charge in [0.2, 0.25) is 0 Å². The van der Waals surface area contributed by atoms with E-state index in [1.165, 1.54) is 4.90 Å². The Hall–Kier alpha value is -3.39. The van der Waals surface area contributed by atoms with Crippen molar-refractivity contribution in [1.29, 1.82) is 0 Å². The van der Waals surface area contributed by atoms with E-state index in [0.717, 1.165) is 16.3 Å². The summed E-state index contributed by atoms with van der Waals surface area (Å²) in [6.07, 6.45) is 0.262. The van der Waals surface area contributed by atoms with Crippen LogP contribution in [-0.4, -0.2) is 65.7 Å². The number of ether oxygens (including phenoxy) is 1. The summed E-state index contributed by atoms with van der Waals surface area (Å²) in [5.74, 6) is -1.05. The highest BCUT2D eigenvalue weighted by Gasteiger charge is 2.37. The number of carboxylic acid groups (broad SMARTS) is 1. The Kier molecular flexibility index (Phi) is 6.41. The zero-order chi connectivity index (χ0) is 22.7. The van der Waals surface area contributed by atoms with Gasteiger partial charge < -0.3 is 20.1 Å². The highest BCUT2D eigenvalue weighted by molar-refractivity contribution is 5.99. The summed E-state index contributed by atoms with van der Waals surface area (Å²) in [5, 5.41) is 14.1. The van der Waals surface area contributed by atoms with Crippen LogP contribution in [0.2, 0.25) is 0 Å². The molecule has 0 aliphatic carbocycles. The fourth-order valence-electron chi connectivity index (χ4n) is 4.29. The second-order valence-electron chi connectivity index (χ2n) is 8.04. The Morgan fingerprint density at radius 3 is 2.56 bits per heavy atom. The summed E-state index contributed by atoms with van der Waals surface area (Å²) >= 11 is 0. The third kappa shape index (κ3) is 4.45. The molecule has 4 rings (SSSR count). The van der Waals surface area contributed by atoms with Crippen LogP contribution in [0.15, 0.2) is 53.7 Å². The number of carbonyl (C=O) groups excluding carboxylic acids is 2. The molecule has 0 bridgehead atoms. The molecule has 2 aromatic carbocycles. The number of carboxylic acids is 1. The van der Waals surface area contributed by atoms with Crippen molar-refractivity contribution < 1.29 is 24.2 Å². The minimum atomic E-state index is -0.914. The molecule has 0 spiro atoms. The minimum absolute atomic E-state index is 0.0437. The molecule has 0 saturated carbocycles. The van der Waals surface area contributed by atoms with E-state index in [-0.39, 0.29) is 24.9 Å². The topological polar surface area (TPSA) is 99.2 Å². The molecule has 2 heterocycles. The molecule has 1 fully saturated rings. The lowest BCUT2D eigenvalue weighted by Gasteiger charge is -2.38. The van der Waals surface area contributed by atoms with E-state index in [4.69, 9.17) is 9.84 Å². The molecular weight excluding hydrogens is 410 g/mol. The molecule has 2 aromatic rings. The van der Waals surface area contributed by atoms with Crippen molar-refractivity contribution in [3.05, 3.63) is 59.3 Å². The van der Waals surface area contributed by atoms with Crippen LogP contribution in [-0.2, 0) is 14.3 Å². The monoisotopic (exact) mass is 437 g/mol. The number of carbonyl (C=O) groups is 3. The minimum Gasteiger partial charge on any atom is -0.481 e. The summed E-state index contributed by atoms with van der Waals surface area (Å²) in [5.41, 5.74) is 1.91. The molecule has 2 aliphatic heterocycles. The summed E-state index contributed by atoms with van der Waals surface area (Å²) in [6, 6.07) is 13.0. The number of hydrogen-bond acceptors (Lipinski definition) is 4. The number of nitrogens with one attached hydrogen (secondary N) is 1. The van der Waals surface area contributed by atoms with Crippen molar-refractivity contribution in [3.8, 4) is 0 Å². The second kappa shape index (κ2) is 9.40. The lowest BCUT2D eigenvalue weighted by atomic mass is 9.92. The van der Waals surface area contributed by atoms with Crippen LogP contribution < -0.4 is 5.32 Å². The van der Waals surface area contributed by atoms with Gasteiger partial charge in [-0.25, -0.2) is 4.79 Å². The van der Waals surface area contributed by atoms with Crippen molar-refractivity contribution in [2.24, 2.45) is 0 Å². The average Bonchev–Trinajstić information content (AvgIpc) is 2.80. The first-order valence-electron chi connectivity index (χ1n) is 10.8.